The standard InChI is InChI=1S/C19H18N2O4S2/c1-15-6-5-7-17(14-15)21-27(24,25)19-12-10-16(11-13-19)20-26(22,23)18-8-3-2-4-9-18/h2-14,20-21H,1H3. The van der Waals surface area contributed by atoms with Gasteiger partial charge >= 0.3 is 0 Å². The van der Waals surface area contributed by atoms with Gasteiger partial charge in [0.05, 0.1) is 9.79 Å². The van der Waals surface area contributed by atoms with Crippen LogP contribution in [0.25, 0.3) is 0 Å². The molecule has 0 aliphatic heterocycles. The smallest absolute Gasteiger partial charge is 0.261 e. The van der Waals surface area contributed by atoms with Gasteiger partial charge in [0, 0.05) is 11.4 Å². The van der Waals surface area contributed by atoms with E-state index in [-0.39, 0.29) is 15.5 Å². The summed E-state index contributed by atoms with van der Waals surface area (Å²) in [6.07, 6.45) is 0. The molecule has 6 nitrogen and oxygen atoms in total. The number of nitrogens with one attached hydrogen (secondary N) is 2. The van der Waals surface area contributed by atoms with E-state index < -0.39 is 20.0 Å². The van der Waals surface area contributed by atoms with Crippen molar-refractivity contribution in [2.45, 2.75) is 16.7 Å². The van der Waals surface area contributed by atoms with Crippen LogP contribution in [0.3, 0.4) is 0 Å². The molecule has 0 unspecified atom stereocenters. The molecule has 0 aliphatic rings. The molecule has 27 heavy (non-hydrogen) atoms. The van der Waals surface area contributed by atoms with Crippen LogP contribution >= 0.6 is 0 Å². The van der Waals surface area contributed by atoms with E-state index in [1.165, 1.54) is 36.4 Å². The average molecular weight is 402 g/mol. The third-order valence-electron chi connectivity index (χ3n) is 3.74. The van der Waals surface area contributed by atoms with Crippen molar-refractivity contribution in [1.29, 1.82) is 0 Å². The Bertz CT molecular complexity index is 1140. The zero-order chi connectivity index (χ0) is 19.5. The van der Waals surface area contributed by atoms with Crippen LogP contribution in [0.15, 0.2) is 88.7 Å². The molecule has 0 heterocycles. The molecule has 0 spiro atoms. The molecular weight excluding hydrogens is 384 g/mol. The molecule has 0 atom stereocenters. The fraction of sp³-hybridized carbons (Fsp3) is 0.0526. The Labute approximate surface area is 159 Å². The third-order valence-corrected chi connectivity index (χ3v) is 6.54. The molecule has 0 aromatic heterocycles. The maximum atomic E-state index is 12.5. The molecule has 3 rings (SSSR count). The number of benzene rings is 3. The van der Waals surface area contributed by atoms with Crippen molar-refractivity contribution in [1.82, 2.24) is 0 Å². The van der Waals surface area contributed by atoms with Gasteiger partial charge in [0.25, 0.3) is 20.0 Å². The first kappa shape index (κ1) is 18.9. The maximum Gasteiger partial charge on any atom is 0.261 e. The Morgan fingerprint density at radius 3 is 1.74 bits per heavy atom. The van der Waals surface area contributed by atoms with Gasteiger partial charge < -0.3 is 0 Å². The number of rotatable bonds is 6. The number of anilines is 2. The van der Waals surface area contributed by atoms with Gasteiger partial charge in [0.2, 0.25) is 0 Å². The summed E-state index contributed by atoms with van der Waals surface area (Å²) in [5.74, 6) is 0. The van der Waals surface area contributed by atoms with Gasteiger partial charge in [-0.25, -0.2) is 16.8 Å². The van der Waals surface area contributed by atoms with E-state index in [0.29, 0.717) is 5.69 Å². The third kappa shape index (κ3) is 4.66. The van der Waals surface area contributed by atoms with Crippen molar-refractivity contribution in [2.24, 2.45) is 0 Å². The first-order valence-electron chi connectivity index (χ1n) is 8.04. The summed E-state index contributed by atoms with van der Waals surface area (Å²) in [6.45, 7) is 1.87. The summed E-state index contributed by atoms with van der Waals surface area (Å²) in [7, 11) is -7.50. The highest BCUT2D eigenvalue weighted by Gasteiger charge is 2.16. The molecule has 0 radical (unpaired) electrons. The Kier molecular flexibility index (Phi) is 5.20. The van der Waals surface area contributed by atoms with Gasteiger partial charge in [-0.3, -0.25) is 9.44 Å². The lowest BCUT2D eigenvalue weighted by Gasteiger charge is -2.11. The molecule has 140 valence electrons. The zero-order valence-corrected chi connectivity index (χ0v) is 16.1. The summed E-state index contributed by atoms with van der Waals surface area (Å²) < 4.78 is 54.5. The first-order chi connectivity index (χ1) is 12.8. The topological polar surface area (TPSA) is 92.3 Å². The lowest BCUT2D eigenvalue weighted by Crippen LogP contribution is -2.14. The van der Waals surface area contributed by atoms with E-state index >= 15 is 0 Å². The van der Waals surface area contributed by atoms with Crippen molar-refractivity contribution in [3.05, 3.63) is 84.4 Å². The summed E-state index contributed by atoms with van der Waals surface area (Å²) in [5, 5.41) is 0. The van der Waals surface area contributed by atoms with Crippen molar-refractivity contribution in [3.8, 4) is 0 Å². The highest BCUT2D eigenvalue weighted by Crippen LogP contribution is 2.21. The monoisotopic (exact) mass is 402 g/mol. The molecule has 3 aromatic rings. The molecule has 8 heteroatoms. The number of sulfonamides is 2. The number of aryl methyl sites for hydroxylation is 1. The molecule has 0 saturated carbocycles. The van der Waals surface area contributed by atoms with Crippen LogP contribution in [-0.2, 0) is 20.0 Å². The van der Waals surface area contributed by atoms with Gasteiger partial charge in [-0.1, -0.05) is 30.3 Å². The summed E-state index contributed by atoms with van der Waals surface area (Å²) >= 11 is 0. The van der Waals surface area contributed by atoms with E-state index in [1.807, 2.05) is 13.0 Å². The van der Waals surface area contributed by atoms with Gasteiger partial charge in [-0.2, -0.15) is 0 Å². The van der Waals surface area contributed by atoms with Crippen molar-refractivity contribution >= 4 is 31.4 Å². The van der Waals surface area contributed by atoms with Crippen LogP contribution in [-0.4, -0.2) is 16.8 Å². The molecule has 0 aliphatic carbocycles. The Balaban J connectivity index is 1.79. The predicted molar refractivity (Wildman–Crippen MR) is 106 cm³/mol. The van der Waals surface area contributed by atoms with Crippen molar-refractivity contribution in [2.75, 3.05) is 9.44 Å². The quantitative estimate of drug-likeness (QED) is 0.659. The normalized spacial score (nSPS) is 11.7. The molecule has 0 fully saturated rings. The van der Waals surface area contributed by atoms with E-state index in [0.717, 1.165) is 5.56 Å². The van der Waals surface area contributed by atoms with Gasteiger partial charge in [-0.15, -0.1) is 0 Å². The second kappa shape index (κ2) is 7.42. The molecule has 2 N–H and O–H groups in total. The molecule has 0 bridgehead atoms. The second-order valence-corrected chi connectivity index (χ2v) is 9.28. The minimum Gasteiger partial charge on any atom is -0.280 e. The van der Waals surface area contributed by atoms with Gasteiger partial charge in [-0.05, 0) is 61.0 Å². The molecular formula is C19H18N2O4S2. The molecule has 0 saturated heterocycles. The summed E-state index contributed by atoms with van der Waals surface area (Å²) in [6, 6.07) is 20.5. The number of hydrogen-bond donors (Lipinski definition) is 2. The lowest BCUT2D eigenvalue weighted by molar-refractivity contribution is 0.600. The van der Waals surface area contributed by atoms with Crippen LogP contribution in [0.5, 0.6) is 0 Å². The lowest BCUT2D eigenvalue weighted by atomic mass is 10.2. The Morgan fingerprint density at radius 2 is 1.15 bits per heavy atom. The Morgan fingerprint density at radius 1 is 0.593 bits per heavy atom. The van der Waals surface area contributed by atoms with Gasteiger partial charge in [0.1, 0.15) is 0 Å². The maximum absolute atomic E-state index is 12.5. The van der Waals surface area contributed by atoms with Crippen LogP contribution in [0, 0.1) is 6.92 Å². The minimum atomic E-state index is -3.77. The number of hydrogen-bond acceptors (Lipinski definition) is 4. The highest BCUT2D eigenvalue weighted by atomic mass is 32.2. The second-order valence-electron chi connectivity index (χ2n) is 5.92. The summed E-state index contributed by atoms with van der Waals surface area (Å²) in [5.41, 5.74) is 1.66. The first-order valence-corrected chi connectivity index (χ1v) is 11.0. The zero-order valence-electron chi connectivity index (χ0n) is 14.5. The SMILES string of the molecule is Cc1cccc(NS(=O)(=O)c2ccc(NS(=O)(=O)c3ccccc3)cc2)c1. The average Bonchev–Trinajstić information content (AvgIpc) is 2.62. The fourth-order valence-electron chi connectivity index (χ4n) is 2.44. The van der Waals surface area contributed by atoms with E-state index in [1.54, 1.807) is 36.4 Å². The van der Waals surface area contributed by atoms with Crippen molar-refractivity contribution < 1.29 is 16.8 Å². The van der Waals surface area contributed by atoms with Gasteiger partial charge in [0.15, 0.2) is 0 Å². The van der Waals surface area contributed by atoms with Crippen LogP contribution in [0.2, 0.25) is 0 Å². The van der Waals surface area contributed by atoms with Crippen LogP contribution in [0.1, 0.15) is 5.56 Å². The van der Waals surface area contributed by atoms with Crippen LogP contribution in [0.4, 0.5) is 11.4 Å². The van der Waals surface area contributed by atoms with Crippen LogP contribution < -0.4 is 9.44 Å². The van der Waals surface area contributed by atoms with E-state index in [9.17, 15) is 16.8 Å². The fourth-order valence-corrected chi connectivity index (χ4v) is 4.57. The summed E-state index contributed by atoms with van der Waals surface area (Å²) in [4.78, 5) is 0.162. The minimum absolute atomic E-state index is 0.0339. The largest absolute Gasteiger partial charge is 0.280 e. The molecule has 3 aromatic carbocycles. The molecule has 0 amide bonds. The highest BCUT2D eigenvalue weighted by molar-refractivity contribution is 7.93. The van der Waals surface area contributed by atoms with Crippen molar-refractivity contribution in [3.63, 3.8) is 0 Å². The predicted octanol–water partition coefficient (Wildman–Crippen LogP) is 3.60. The van der Waals surface area contributed by atoms with E-state index in [4.69, 9.17) is 0 Å². The van der Waals surface area contributed by atoms with E-state index in [2.05, 4.69) is 9.44 Å². The Hall–Kier alpha value is -2.84.